The summed E-state index contributed by atoms with van der Waals surface area (Å²) in [5.74, 6) is -0.244. The molecule has 1 aromatic heterocycles. The molecule has 0 saturated heterocycles. The molecule has 2 atom stereocenters. The van der Waals surface area contributed by atoms with Crippen LogP contribution in [0.15, 0.2) is 35.7 Å². The maximum absolute atomic E-state index is 13.0. The molecule has 5 heteroatoms. The third-order valence-corrected chi connectivity index (χ3v) is 5.68. The third kappa shape index (κ3) is 3.68. The van der Waals surface area contributed by atoms with E-state index in [0.29, 0.717) is 12.6 Å². The van der Waals surface area contributed by atoms with Crippen LogP contribution < -0.4 is 5.32 Å². The van der Waals surface area contributed by atoms with Crippen LogP contribution in [0.4, 0.5) is 4.39 Å². The molecule has 0 spiro atoms. The van der Waals surface area contributed by atoms with Gasteiger partial charge in [-0.2, -0.15) is 0 Å². The highest BCUT2D eigenvalue weighted by atomic mass is 32.1. The van der Waals surface area contributed by atoms with Crippen molar-refractivity contribution < 1.29 is 9.18 Å². The topological polar surface area (TPSA) is 32.3 Å². The van der Waals surface area contributed by atoms with E-state index in [4.69, 9.17) is 0 Å². The predicted octanol–water partition coefficient (Wildman–Crippen LogP) is 4.07. The van der Waals surface area contributed by atoms with Gasteiger partial charge in [0.2, 0.25) is 5.91 Å². The number of hydrogen-bond donors (Lipinski definition) is 1. The molecule has 0 fully saturated rings. The summed E-state index contributed by atoms with van der Waals surface area (Å²) in [7, 11) is 0. The fourth-order valence-corrected chi connectivity index (χ4v) is 4.35. The zero-order chi connectivity index (χ0) is 17.1. The lowest BCUT2D eigenvalue weighted by Crippen LogP contribution is -2.42. The van der Waals surface area contributed by atoms with Gasteiger partial charge >= 0.3 is 0 Å². The van der Waals surface area contributed by atoms with Crippen LogP contribution in [0.5, 0.6) is 0 Å². The molecule has 128 valence electrons. The highest BCUT2D eigenvalue weighted by Crippen LogP contribution is 2.34. The molecule has 0 radical (unpaired) electrons. The molecule has 24 heavy (non-hydrogen) atoms. The standard InChI is InChI=1S/C19H23FN2OS/c1-3-17-16-9-11-24-18(16)8-10-22(17)12-19(23)21-13(2)14-4-6-15(20)7-5-14/h4-7,9,11,13,17H,3,8,10,12H2,1-2H3,(H,21,23)/t13-,17-/m0/s1. The number of hydrogen-bond acceptors (Lipinski definition) is 3. The Morgan fingerprint density at radius 2 is 2.12 bits per heavy atom. The van der Waals surface area contributed by atoms with Crippen LogP contribution in [-0.4, -0.2) is 23.9 Å². The van der Waals surface area contributed by atoms with Gasteiger partial charge in [0.15, 0.2) is 0 Å². The highest BCUT2D eigenvalue weighted by Gasteiger charge is 2.28. The van der Waals surface area contributed by atoms with E-state index in [2.05, 4.69) is 28.6 Å². The van der Waals surface area contributed by atoms with E-state index in [0.717, 1.165) is 24.9 Å². The van der Waals surface area contributed by atoms with E-state index in [9.17, 15) is 9.18 Å². The van der Waals surface area contributed by atoms with Crippen LogP contribution in [-0.2, 0) is 11.2 Å². The molecule has 3 nitrogen and oxygen atoms in total. The van der Waals surface area contributed by atoms with Gasteiger partial charge in [-0.05, 0) is 54.5 Å². The monoisotopic (exact) mass is 346 g/mol. The molecular weight excluding hydrogens is 323 g/mol. The van der Waals surface area contributed by atoms with E-state index in [1.165, 1.54) is 22.6 Å². The van der Waals surface area contributed by atoms with E-state index in [-0.39, 0.29) is 17.8 Å². The molecule has 1 amide bonds. The first-order valence-electron chi connectivity index (χ1n) is 8.43. The quantitative estimate of drug-likeness (QED) is 0.885. The number of nitrogens with zero attached hydrogens (tertiary/aromatic N) is 1. The van der Waals surface area contributed by atoms with Crippen LogP contribution in [0.3, 0.4) is 0 Å². The lowest BCUT2D eigenvalue weighted by molar-refractivity contribution is -0.123. The molecule has 0 aliphatic carbocycles. The normalized spacial score (nSPS) is 18.9. The number of carbonyl (C=O) groups excluding carboxylic acids is 1. The van der Waals surface area contributed by atoms with Gasteiger partial charge in [0.25, 0.3) is 0 Å². The van der Waals surface area contributed by atoms with Crippen molar-refractivity contribution in [3.8, 4) is 0 Å². The minimum absolute atomic E-state index is 0.0176. The summed E-state index contributed by atoms with van der Waals surface area (Å²) in [6.45, 7) is 5.42. The lowest BCUT2D eigenvalue weighted by atomic mass is 9.98. The molecule has 2 aromatic rings. The Morgan fingerprint density at radius 3 is 2.83 bits per heavy atom. The van der Waals surface area contributed by atoms with E-state index >= 15 is 0 Å². The van der Waals surface area contributed by atoms with Gasteiger partial charge in [-0.25, -0.2) is 4.39 Å². The first-order chi connectivity index (χ1) is 11.6. The van der Waals surface area contributed by atoms with Gasteiger partial charge in [0.1, 0.15) is 5.82 Å². The number of benzene rings is 1. The fourth-order valence-electron chi connectivity index (χ4n) is 3.42. The zero-order valence-electron chi connectivity index (χ0n) is 14.1. The lowest BCUT2D eigenvalue weighted by Gasteiger charge is -2.35. The first kappa shape index (κ1) is 17.1. The smallest absolute Gasteiger partial charge is 0.234 e. The summed E-state index contributed by atoms with van der Waals surface area (Å²) in [6.07, 6.45) is 2.02. The van der Waals surface area contributed by atoms with Gasteiger partial charge in [-0.1, -0.05) is 19.1 Å². The molecule has 3 rings (SSSR count). The van der Waals surface area contributed by atoms with E-state index in [1.807, 2.05) is 18.3 Å². The summed E-state index contributed by atoms with van der Waals surface area (Å²) >= 11 is 1.82. The minimum atomic E-state index is -0.261. The van der Waals surface area contributed by atoms with Crippen molar-refractivity contribution in [1.29, 1.82) is 0 Å². The van der Waals surface area contributed by atoms with Crippen molar-refractivity contribution in [3.05, 3.63) is 57.5 Å². The van der Waals surface area contributed by atoms with Gasteiger partial charge < -0.3 is 5.32 Å². The molecule has 1 aliphatic heterocycles. The van der Waals surface area contributed by atoms with Crippen molar-refractivity contribution in [2.24, 2.45) is 0 Å². The molecule has 0 unspecified atom stereocenters. The Balaban J connectivity index is 1.61. The van der Waals surface area contributed by atoms with Gasteiger partial charge in [-0.15, -0.1) is 11.3 Å². The van der Waals surface area contributed by atoms with Crippen LogP contribution in [0, 0.1) is 5.82 Å². The SMILES string of the molecule is CC[C@H]1c2ccsc2CCN1CC(=O)N[C@@H](C)c1ccc(F)cc1. The summed E-state index contributed by atoms with van der Waals surface area (Å²) in [4.78, 5) is 16.2. The number of nitrogens with one attached hydrogen (secondary N) is 1. The van der Waals surface area contributed by atoms with Gasteiger partial charge in [-0.3, -0.25) is 9.69 Å². The molecule has 0 saturated carbocycles. The summed E-state index contributed by atoms with van der Waals surface area (Å²) < 4.78 is 13.0. The Bertz CT molecular complexity index is 698. The first-order valence-corrected chi connectivity index (χ1v) is 9.31. The van der Waals surface area contributed by atoms with Crippen molar-refractivity contribution in [3.63, 3.8) is 0 Å². The number of carbonyl (C=O) groups is 1. The second-order valence-corrected chi connectivity index (χ2v) is 7.29. The maximum Gasteiger partial charge on any atom is 0.234 e. The Labute approximate surface area is 146 Å². The fraction of sp³-hybridized carbons (Fsp3) is 0.421. The second-order valence-electron chi connectivity index (χ2n) is 6.28. The molecule has 1 aliphatic rings. The summed E-state index contributed by atoms with van der Waals surface area (Å²) in [5.41, 5.74) is 2.30. The average Bonchev–Trinajstić information content (AvgIpc) is 3.03. The number of fused-ring (bicyclic) bond motifs is 1. The molecule has 0 bridgehead atoms. The number of halogens is 1. The second kappa shape index (κ2) is 7.45. The van der Waals surface area contributed by atoms with Crippen LogP contribution in [0.1, 0.15) is 48.4 Å². The van der Waals surface area contributed by atoms with E-state index < -0.39 is 0 Å². The highest BCUT2D eigenvalue weighted by molar-refractivity contribution is 7.10. The van der Waals surface area contributed by atoms with Crippen molar-refractivity contribution in [2.75, 3.05) is 13.1 Å². The summed E-state index contributed by atoms with van der Waals surface area (Å²) in [6, 6.07) is 8.68. The Morgan fingerprint density at radius 1 is 1.38 bits per heavy atom. The summed E-state index contributed by atoms with van der Waals surface area (Å²) in [5, 5.41) is 5.17. The van der Waals surface area contributed by atoms with E-state index in [1.54, 1.807) is 12.1 Å². The van der Waals surface area contributed by atoms with Crippen molar-refractivity contribution >= 4 is 17.2 Å². The Kier molecular flexibility index (Phi) is 5.31. The van der Waals surface area contributed by atoms with Gasteiger partial charge in [0.05, 0.1) is 12.6 Å². The molecular formula is C19H23FN2OS. The third-order valence-electron chi connectivity index (χ3n) is 4.69. The molecule has 2 heterocycles. The number of rotatable bonds is 5. The Hall–Kier alpha value is -1.72. The molecule has 1 aromatic carbocycles. The van der Waals surface area contributed by atoms with Crippen LogP contribution >= 0.6 is 11.3 Å². The van der Waals surface area contributed by atoms with Crippen molar-refractivity contribution in [2.45, 2.75) is 38.8 Å². The average molecular weight is 346 g/mol. The predicted molar refractivity (Wildman–Crippen MR) is 95.6 cm³/mol. The van der Waals surface area contributed by atoms with Gasteiger partial charge in [0, 0.05) is 17.5 Å². The largest absolute Gasteiger partial charge is 0.348 e. The maximum atomic E-state index is 13.0. The van der Waals surface area contributed by atoms with Crippen molar-refractivity contribution in [1.82, 2.24) is 10.2 Å². The van der Waals surface area contributed by atoms with Crippen LogP contribution in [0.2, 0.25) is 0 Å². The minimum Gasteiger partial charge on any atom is -0.348 e. The van der Waals surface area contributed by atoms with Crippen LogP contribution in [0.25, 0.3) is 0 Å². The zero-order valence-corrected chi connectivity index (χ0v) is 14.9. The number of thiophene rings is 1. The number of amides is 1. The molecule has 1 N–H and O–H groups in total.